The molecular formula is C28H29N7O2. The second-order valence-electron chi connectivity index (χ2n) is 9.52. The zero-order valence-electron chi connectivity index (χ0n) is 21.6. The molecule has 188 valence electrons. The number of methoxy groups -OCH3 is 2. The minimum Gasteiger partial charge on any atom is -0.493 e. The number of nitrogens with zero attached hydrogens (tertiary/aromatic N) is 7. The van der Waals surface area contributed by atoms with E-state index in [2.05, 4.69) is 34.9 Å². The summed E-state index contributed by atoms with van der Waals surface area (Å²) in [6, 6.07) is 16.2. The zero-order valence-corrected chi connectivity index (χ0v) is 21.6. The molecule has 37 heavy (non-hydrogen) atoms. The van der Waals surface area contributed by atoms with Crippen LogP contribution in [0.25, 0.3) is 16.9 Å². The lowest BCUT2D eigenvalue weighted by molar-refractivity contribution is 0.354. The molecule has 1 aliphatic rings. The van der Waals surface area contributed by atoms with E-state index in [0.717, 1.165) is 46.2 Å². The van der Waals surface area contributed by atoms with E-state index >= 15 is 0 Å². The van der Waals surface area contributed by atoms with Crippen LogP contribution in [-0.2, 0) is 13.5 Å². The minimum atomic E-state index is 0.301. The van der Waals surface area contributed by atoms with Gasteiger partial charge in [0.05, 0.1) is 30.9 Å². The van der Waals surface area contributed by atoms with E-state index in [1.165, 1.54) is 0 Å². The zero-order chi connectivity index (χ0) is 25.7. The van der Waals surface area contributed by atoms with Gasteiger partial charge in [-0.05, 0) is 50.1 Å². The Morgan fingerprint density at radius 3 is 2.46 bits per heavy atom. The fourth-order valence-electron chi connectivity index (χ4n) is 5.11. The normalized spacial score (nSPS) is 16.8. The van der Waals surface area contributed by atoms with Crippen molar-refractivity contribution in [3.63, 3.8) is 0 Å². The average molecular weight is 496 g/mol. The third kappa shape index (κ3) is 4.20. The summed E-state index contributed by atoms with van der Waals surface area (Å²) in [6.07, 6.45) is 1.59. The molecule has 5 aromatic rings. The van der Waals surface area contributed by atoms with Gasteiger partial charge in [0.1, 0.15) is 23.3 Å². The first kappa shape index (κ1) is 23.1. The van der Waals surface area contributed by atoms with Crippen LogP contribution in [0.2, 0.25) is 0 Å². The Hall–Kier alpha value is -4.27. The summed E-state index contributed by atoms with van der Waals surface area (Å²) in [4.78, 5) is 19.1. The van der Waals surface area contributed by atoms with E-state index in [-0.39, 0.29) is 0 Å². The Kier molecular flexibility index (Phi) is 5.62. The van der Waals surface area contributed by atoms with Gasteiger partial charge in [0.2, 0.25) is 0 Å². The standard InChI is InChI=1S/C28H29N7O2/c1-16-29-22(19-14-20(19)28-32-21-8-6-7-9-23(21)34(28)3)15-27(30-16)35-26(31-17(2)33-35)13-18-10-11-24(36-4)25(12-18)37-5/h6-12,15,19-20H,13-14H2,1-5H3. The molecule has 0 amide bonds. The Morgan fingerprint density at radius 2 is 1.68 bits per heavy atom. The Labute approximate surface area is 215 Å². The van der Waals surface area contributed by atoms with Crippen LogP contribution >= 0.6 is 0 Å². The van der Waals surface area contributed by atoms with Crippen LogP contribution < -0.4 is 9.47 Å². The van der Waals surface area contributed by atoms with Gasteiger partial charge in [0, 0.05) is 31.4 Å². The molecule has 3 aromatic heterocycles. The smallest absolute Gasteiger partial charge is 0.161 e. The molecule has 0 spiro atoms. The number of aryl methyl sites for hydroxylation is 3. The van der Waals surface area contributed by atoms with Gasteiger partial charge in [-0.15, -0.1) is 5.10 Å². The van der Waals surface area contributed by atoms with Crippen molar-refractivity contribution < 1.29 is 9.47 Å². The van der Waals surface area contributed by atoms with E-state index in [0.29, 0.717) is 41.4 Å². The number of hydrogen-bond acceptors (Lipinski definition) is 7. The van der Waals surface area contributed by atoms with Crippen LogP contribution in [0.1, 0.15) is 52.8 Å². The molecule has 0 aliphatic heterocycles. The molecule has 1 aliphatic carbocycles. The van der Waals surface area contributed by atoms with Crippen LogP contribution in [0.3, 0.4) is 0 Å². The van der Waals surface area contributed by atoms with Crippen molar-refractivity contribution in [3.8, 4) is 17.3 Å². The molecule has 2 aromatic carbocycles. The molecule has 0 radical (unpaired) electrons. The molecule has 1 fully saturated rings. The largest absolute Gasteiger partial charge is 0.493 e. The SMILES string of the molecule is COc1ccc(Cc2nc(C)nn2-c2cc(C3CC3c3nc4ccccc4n3C)nc(C)n2)cc1OC. The van der Waals surface area contributed by atoms with Gasteiger partial charge in [-0.2, -0.15) is 4.68 Å². The van der Waals surface area contributed by atoms with E-state index in [9.17, 15) is 0 Å². The van der Waals surface area contributed by atoms with Crippen LogP contribution in [0, 0.1) is 13.8 Å². The number of ether oxygens (including phenoxy) is 2. The molecule has 0 saturated heterocycles. The molecule has 2 atom stereocenters. The summed E-state index contributed by atoms with van der Waals surface area (Å²) in [5.41, 5.74) is 4.25. The van der Waals surface area contributed by atoms with Crippen molar-refractivity contribution in [3.05, 3.63) is 83.1 Å². The third-order valence-electron chi connectivity index (χ3n) is 6.98. The Morgan fingerprint density at radius 1 is 0.865 bits per heavy atom. The fourth-order valence-corrected chi connectivity index (χ4v) is 5.11. The summed E-state index contributed by atoms with van der Waals surface area (Å²) >= 11 is 0. The monoisotopic (exact) mass is 495 g/mol. The highest BCUT2D eigenvalue weighted by atomic mass is 16.5. The summed E-state index contributed by atoms with van der Waals surface area (Å²) in [5.74, 6) is 6.06. The lowest BCUT2D eigenvalue weighted by atomic mass is 10.1. The highest BCUT2D eigenvalue weighted by Gasteiger charge is 2.44. The number of aromatic nitrogens is 7. The Bertz CT molecular complexity index is 1620. The molecule has 1 saturated carbocycles. The first-order valence-electron chi connectivity index (χ1n) is 12.4. The van der Waals surface area contributed by atoms with E-state index < -0.39 is 0 Å². The first-order chi connectivity index (χ1) is 17.9. The highest BCUT2D eigenvalue weighted by Crippen LogP contribution is 2.54. The van der Waals surface area contributed by atoms with Gasteiger partial charge in [-0.3, -0.25) is 0 Å². The van der Waals surface area contributed by atoms with Crippen LogP contribution in [0.5, 0.6) is 11.5 Å². The summed E-state index contributed by atoms with van der Waals surface area (Å²) in [6.45, 7) is 3.82. The van der Waals surface area contributed by atoms with Crippen LogP contribution in [0.15, 0.2) is 48.5 Å². The predicted molar refractivity (Wildman–Crippen MR) is 140 cm³/mol. The number of hydrogen-bond donors (Lipinski definition) is 0. The van der Waals surface area contributed by atoms with Gasteiger partial charge in [0.15, 0.2) is 17.3 Å². The molecule has 0 N–H and O–H groups in total. The van der Waals surface area contributed by atoms with Gasteiger partial charge in [-0.1, -0.05) is 18.2 Å². The van der Waals surface area contributed by atoms with Gasteiger partial charge in [-0.25, -0.2) is 19.9 Å². The molecule has 0 bridgehead atoms. The second-order valence-corrected chi connectivity index (χ2v) is 9.52. The predicted octanol–water partition coefficient (Wildman–Crippen LogP) is 4.44. The van der Waals surface area contributed by atoms with E-state index in [1.54, 1.807) is 14.2 Å². The molecule has 2 unspecified atom stereocenters. The molecule has 6 rings (SSSR count). The van der Waals surface area contributed by atoms with Gasteiger partial charge in [0.25, 0.3) is 0 Å². The van der Waals surface area contributed by atoms with Crippen LogP contribution in [0.4, 0.5) is 0 Å². The first-order valence-corrected chi connectivity index (χ1v) is 12.4. The lowest BCUT2D eigenvalue weighted by Crippen LogP contribution is -2.09. The van der Waals surface area contributed by atoms with Gasteiger partial charge < -0.3 is 14.0 Å². The lowest BCUT2D eigenvalue weighted by Gasteiger charge is -2.11. The average Bonchev–Trinajstić information content (AvgIpc) is 3.51. The van der Waals surface area contributed by atoms with Crippen molar-refractivity contribution in [2.75, 3.05) is 14.2 Å². The number of fused-ring (bicyclic) bond motifs is 1. The maximum Gasteiger partial charge on any atom is 0.161 e. The van der Waals surface area contributed by atoms with Crippen LogP contribution in [-0.4, -0.2) is 48.5 Å². The Balaban J connectivity index is 1.31. The van der Waals surface area contributed by atoms with Crippen molar-refractivity contribution in [2.24, 2.45) is 7.05 Å². The minimum absolute atomic E-state index is 0.301. The fraction of sp³-hybridized carbons (Fsp3) is 0.321. The highest BCUT2D eigenvalue weighted by molar-refractivity contribution is 5.76. The number of benzene rings is 2. The maximum atomic E-state index is 5.48. The quantitative estimate of drug-likeness (QED) is 0.330. The van der Waals surface area contributed by atoms with Gasteiger partial charge >= 0.3 is 0 Å². The summed E-state index contributed by atoms with van der Waals surface area (Å²) < 4.78 is 14.9. The topological polar surface area (TPSA) is 92.8 Å². The number of para-hydroxylation sites is 2. The third-order valence-corrected chi connectivity index (χ3v) is 6.98. The maximum absolute atomic E-state index is 5.48. The number of rotatable bonds is 7. The molecular weight excluding hydrogens is 466 g/mol. The van der Waals surface area contributed by atoms with Crippen molar-refractivity contribution >= 4 is 11.0 Å². The van der Waals surface area contributed by atoms with Crippen molar-refractivity contribution in [1.29, 1.82) is 0 Å². The van der Waals surface area contributed by atoms with Crippen molar-refractivity contribution in [2.45, 2.75) is 38.5 Å². The van der Waals surface area contributed by atoms with E-state index in [1.807, 2.05) is 48.9 Å². The summed E-state index contributed by atoms with van der Waals surface area (Å²) in [5, 5.41) is 4.68. The second kappa shape index (κ2) is 8.99. The van der Waals surface area contributed by atoms with E-state index in [4.69, 9.17) is 29.4 Å². The molecule has 9 nitrogen and oxygen atoms in total. The summed E-state index contributed by atoms with van der Waals surface area (Å²) in [7, 11) is 5.36. The van der Waals surface area contributed by atoms with Crippen molar-refractivity contribution in [1.82, 2.24) is 34.3 Å². The molecule has 9 heteroatoms. The molecule has 3 heterocycles. The number of imidazole rings is 1.